The van der Waals surface area contributed by atoms with E-state index in [1.165, 1.54) is 0 Å². The molecule has 0 amide bonds. The highest BCUT2D eigenvalue weighted by molar-refractivity contribution is 6.30. The minimum Gasteiger partial charge on any atom is -0.394 e. The molecule has 0 bridgehead atoms. The lowest BCUT2D eigenvalue weighted by molar-refractivity contribution is 0.0361. The van der Waals surface area contributed by atoms with E-state index in [0.717, 1.165) is 0 Å². The SMILES string of the molecule is O=C1c2ccccc2C(=O)c2c(NCCOCCOCCO)cccc21. The lowest BCUT2D eigenvalue weighted by Gasteiger charge is -2.20. The summed E-state index contributed by atoms with van der Waals surface area (Å²) >= 11 is 0. The second-order valence-electron chi connectivity index (χ2n) is 5.81. The molecule has 0 heterocycles. The maximum absolute atomic E-state index is 12.8. The van der Waals surface area contributed by atoms with Gasteiger partial charge in [-0.3, -0.25) is 9.59 Å². The third kappa shape index (κ3) is 3.83. The van der Waals surface area contributed by atoms with Crippen LogP contribution in [0.25, 0.3) is 0 Å². The number of nitrogens with one attached hydrogen (secondary N) is 1. The van der Waals surface area contributed by atoms with E-state index in [2.05, 4.69) is 5.32 Å². The summed E-state index contributed by atoms with van der Waals surface area (Å²) < 4.78 is 10.5. The van der Waals surface area contributed by atoms with Crippen LogP contribution in [-0.2, 0) is 9.47 Å². The highest BCUT2D eigenvalue weighted by atomic mass is 16.5. The van der Waals surface area contributed by atoms with Crippen molar-refractivity contribution < 1.29 is 24.2 Å². The van der Waals surface area contributed by atoms with Gasteiger partial charge >= 0.3 is 0 Å². The smallest absolute Gasteiger partial charge is 0.196 e. The van der Waals surface area contributed by atoms with Gasteiger partial charge in [0, 0.05) is 28.9 Å². The third-order valence-electron chi connectivity index (χ3n) is 4.12. The van der Waals surface area contributed by atoms with Crippen molar-refractivity contribution in [2.24, 2.45) is 0 Å². The summed E-state index contributed by atoms with van der Waals surface area (Å²) in [5, 5.41) is 11.8. The fourth-order valence-corrected chi connectivity index (χ4v) is 2.94. The molecular formula is C20H21NO5. The van der Waals surface area contributed by atoms with Gasteiger partial charge in [-0.1, -0.05) is 36.4 Å². The molecule has 0 atom stereocenters. The van der Waals surface area contributed by atoms with Crippen LogP contribution in [0.15, 0.2) is 42.5 Å². The van der Waals surface area contributed by atoms with Gasteiger partial charge in [0.1, 0.15) is 0 Å². The number of rotatable bonds is 9. The molecule has 0 unspecified atom stereocenters. The van der Waals surface area contributed by atoms with Crippen molar-refractivity contribution in [3.63, 3.8) is 0 Å². The van der Waals surface area contributed by atoms with E-state index in [-0.39, 0.29) is 18.2 Å². The number of hydrogen-bond acceptors (Lipinski definition) is 6. The van der Waals surface area contributed by atoms with Crippen LogP contribution >= 0.6 is 0 Å². The summed E-state index contributed by atoms with van der Waals surface area (Å²) in [6, 6.07) is 12.1. The van der Waals surface area contributed by atoms with Gasteiger partial charge in [-0.15, -0.1) is 0 Å². The molecule has 6 nitrogen and oxygen atoms in total. The Morgan fingerprint density at radius 2 is 1.42 bits per heavy atom. The van der Waals surface area contributed by atoms with E-state index in [1.54, 1.807) is 42.5 Å². The first-order valence-electron chi connectivity index (χ1n) is 8.55. The van der Waals surface area contributed by atoms with Crippen LogP contribution < -0.4 is 5.32 Å². The van der Waals surface area contributed by atoms with Crippen molar-refractivity contribution in [1.82, 2.24) is 0 Å². The number of hydrogen-bond donors (Lipinski definition) is 2. The van der Waals surface area contributed by atoms with E-state index in [1.807, 2.05) is 0 Å². The number of aliphatic hydroxyl groups excluding tert-OH is 1. The molecule has 0 aromatic heterocycles. The summed E-state index contributed by atoms with van der Waals surface area (Å²) in [5.41, 5.74) is 2.37. The Morgan fingerprint density at radius 1 is 0.769 bits per heavy atom. The molecule has 0 spiro atoms. The van der Waals surface area contributed by atoms with Gasteiger partial charge in [0.05, 0.1) is 38.6 Å². The van der Waals surface area contributed by atoms with Crippen LogP contribution in [0, 0.1) is 0 Å². The Kier molecular flexibility index (Phi) is 6.12. The normalized spacial score (nSPS) is 12.7. The zero-order chi connectivity index (χ0) is 18.4. The summed E-state index contributed by atoms with van der Waals surface area (Å²) in [5.74, 6) is -0.271. The van der Waals surface area contributed by atoms with Crippen molar-refractivity contribution in [2.45, 2.75) is 0 Å². The number of carbonyl (C=O) groups excluding carboxylic acids is 2. The van der Waals surface area contributed by atoms with Crippen LogP contribution in [0.1, 0.15) is 31.8 Å². The van der Waals surface area contributed by atoms with Gasteiger partial charge in [0.2, 0.25) is 0 Å². The van der Waals surface area contributed by atoms with Gasteiger partial charge in [-0.2, -0.15) is 0 Å². The molecular weight excluding hydrogens is 334 g/mol. The summed E-state index contributed by atoms with van der Waals surface area (Å²) in [4.78, 5) is 25.5. The largest absolute Gasteiger partial charge is 0.394 e. The van der Waals surface area contributed by atoms with Crippen LogP contribution in [0.4, 0.5) is 5.69 Å². The molecule has 0 aliphatic heterocycles. The van der Waals surface area contributed by atoms with Crippen LogP contribution in [0.5, 0.6) is 0 Å². The Balaban J connectivity index is 1.64. The van der Waals surface area contributed by atoms with Gasteiger partial charge in [-0.25, -0.2) is 0 Å². The van der Waals surface area contributed by atoms with Crippen molar-refractivity contribution in [3.05, 3.63) is 64.7 Å². The lowest BCUT2D eigenvalue weighted by Crippen LogP contribution is -2.23. The molecule has 0 saturated heterocycles. The quantitative estimate of drug-likeness (QED) is 0.570. The Hall–Kier alpha value is -2.54. The molecule has 0 saturated carbocycles. The number of benzene rings is 2. The number of anilines is 1. The third-order valence-corrected chi connectivity index (χ3v) is 4.12. The Morgan fingerprint density at radius 3 is 2.15 bits per heavy atom. The van der Waals surface area contributed by atoms with Gasteiger partial charge < -0.3 is 19.9 Å². The average Bonchev–Trinajstić information content (AvgIpc) is 2.68. The van der Waals surface area contributed by atoms with Gasteiger partial charge in [-0.05, 0) is 6.07 Å². The molecule has 0 fully saturated rings. The first kappa shape index (κ1) is 18.3. The predicted octanol–water partition coefficient (Wildman–Crippen LogP) is 1.90. The molecule has 2 aromatic rings. The van der Waals surface area contributed by atoms with E-state index < -0.39 is 0 Å². The summed E-state index contributed by atoms with van der Waals surface area (Å²) in [7, 11) is 0. The maximum Gasteiger partial charge on any atom is 0.196 e. The van der Waals surface area contributed by atoms with Crippen LogP contribution in [-0.4, -0.2) is 56.3 Å². The Bertz CT molecular complexity index is 803. The number of aliphatic hydroxyl groups is 1. The first-order chi connectivity index (χ1) is 12.7. The van der Waals surface area contributed by atoms with Crippen LogP contribution in [0.3, 0.4) is 0 Å². The van der Waals surface area contributed by atoms with E-state index >= 15 is 0 Å². The predicted molar refractivity (Wildman–Crippen MR) is 97.0 cm³/mol. The van der Waals surface area contributed by atoms with Crippen molar-refractivity contribution in [1.29, 1.82) is 0 Å². The van der Waals surface area contributed by atoms with Crippen molar-refractivity contribution >= 4 is 17.3 Å². The molecule has 2 N–H and O–H groups in total. The highest BCUT2D eigenvalue weighted by Crippen LogP contribution is 2.31. The average molecular weight is 355 g/mol. The molecule has 2 aromatic carbocycles. The van der Waals surface area contributed by atoms with E-state index in [9.17, 15) is 9.59 Å². The molecule has 1 aliphatic carbocycles. The highest BCUT2D eigenvalue weighted by Gasteiger charge is 2.31. The second kappa shape index (κ2) is 8.71. The summed E-state index contributed by atoms with van der Waals surface area (Å²) in [6.07, 6.45) is 0. The minimum atomic E-state index is -0.142. The molecule has 136 valence electrons. The standard InChI is InChI=1S/C20H21NO5/c22-9-11-26-13-12-25-10-8-21-17-7-3-6-16-18(17)20(24)15-5-2-1-4-14(15)19(16)23/h1-7,21-22H,8-13H2. The minimum absolute atomic E-state index is 0.00342. The fourth-order valence-electron chi connectivity index (χ4n) is 2.94. The topological polar surface area (TPSA) is 84.9 Å². The van der Waals surface area contributed by atoms with Crippen molar-refractivity contribution in [2.75, 3.05) is 44.9 Å². The number of ether oxygens (including phenoxy) is 2. The monoisotopic (exact) mass is 355 g/mol. The molecule has 1 aliphatic rings. The van der Waals surface area contributed by atoms with Crippen LogP contribution in [0.2, 0.25) is 0 Å². The zero-order valence-electron chi connectivity index (χ0n) is 14.4. The number of ketones is 2. The van der Waals surface area contributed by atoms with E-state index in [4.69, 9.17) is 14.6 Å². The molecule has 3 rings (SSSR count). The van der Waals surface area contributed by atoms with E-state index in [0.29, 0.717) is 60.9 Å². The number of carbonyl (C=O) groups is 2. The van der Waals surface area contributed by atoms with Gasteiger partial charge in [0.15, 0.2) is 11.6 Å². The molecule has 26 heavy (non-hydrogen) atoms. The van der Waals surface area contributed by atoms with Gasteiger partial charge in [0.25, 0.3) is 0 Å². The number of fused-ring (bicyclic) bond motifs is 2. The summed E-state index contributed by atoms with van der Waals surface area (Å²) in [6.45, 7) is 2.08. The molecule has 6 heteroatoms. The second-order valence-corrected chi connectivity index (χ2v) is 5.81. The fraction of sp³-hybridized carbons (Fsp3) is 0.300. The Labute approximate surface area is 151 Å². The first-order valence-corrected chi connectivity index (χ1v) is 8.55. The molecule has 0 radical (unpaired) electrons. The zero-order valence-corrected chi connectivity index (χ0v) is 14.4. The van der Waals surface area contributed by atoms with Crippen molar-refractivity contribution in [3.8, 4) is 0 Å². The maximum atomic E-state index is 12.8. The lowest BCUT2D eigenvalue weighted by atomic mass is 9.83.